The van der Waals surface area contributed by atoms with Crippen molar-refractivity contribution in [2.45, 2.75) is 77.7 Å². The average molecular weight is 254 g/mol. The van der Waals surface area contributed by atoms with Crippen molar-refractivity contribution in [2.24, 2.45) is 0 Å². The molecular formula is C15H30N2O. The largest absolute Gasteiger partial charge is 0.335 e. The Balaban J connectivity index is 2.35. The second-order valence-electron chi connectivity index (χ2n) is 5.48. The highest BCUT2D eigenvalue weighted by Gasteiger charge is 2.19. The van der Waals surface area contributed by atoms with E-state index in [0.717, 1.165) is 38.8 Å². The standard InChI is InChI=1S/C15H30N2O/c1-3-5-12-17(13-6-4-2)15(18)16-14-10-8-7-9-11-14/h14H,3-13H2,1-2H3,(H,16,18). The van der Waals surface area contributed by atoms with E-state index in [9.17, 15) is 4.79 Å². The molecule has 2 amide bonds. The molecule has 1 rings (SSSR count). The van der Waals surface area contributed by atoms with Gasteiger partial charge in [0.1, 0.15) is 0 Å². The molecule has 18 heavy (non-hydrogen) atoms. The molecule has 0 aliphatic heterocycles. The van der Waals surface area contributed by atoms with Crippen molar-refractivity contribution in [1.29, 1.82) is 0 Å². The Morgan fingerprint density at radius 3 is 2.11 bits per heavy atom. The van der Waals surface area contributed by atoms with Gasteiger partial charge in [0.25, 0.3) is 0 Å². The topological polar surface area (TPSA) is 32.3 Å². The van der Waals surface area contributed by atoms with Crippen LogP contribution in [0.2, 0.25) is 0 Å². The molecule has 0 aromatic carbocycles. The molecule has 0 heterocycles. The van der Waals surface area contributed by atoms with Crippen molar-refractivity contribution in [2.75, 3.05) is 13.1 Å². The van der Waals surface area contributed by atoms with Gasteiger partial charge in [-0.3, -0.25) is 0 Å². The van der Waals surface area contributed by atoms with E-state index >= 15 is 0 Å². The van der Waals surface area contributed by atoms with Crippen LogP contribution in [0.3, 0.4) is 0 Å². The Hall–Kier alpha value is -0.730. The normalized spacial score (nSPS) is 16.6. The minimum atomic E-state index is 0.170. The number of hydrogen-bond acceptors (Lipinski definition) is 1. The summed E-state index contributed by atoms with van der Waals surface area (Å²) in [6, 6.07) is 0.598. The molecule has 0 unspecified atom stereocenters. The van der Waals surface area contributed by atoms with Crippen LogP contribution in [-0.4, -0.2) is 30.1 Å². The molecule has 1 saturated carbocycles. The molecular weight excluding hydrogens is 224 g/mol. The highest BCUT2D eigenvalue weighted by molar-refractivity contribution is 5.74. The summed E-state index contributed by atoms with van der Waals surface area (Å²) in [7, 11) is 0. The first kappa shape index (κ1) is 15.3. The predicted octanol–water partition coefficient (Wildman–Crippen LogP) is 3.93. The van der Waals surface area contributed by atoms with Crippen LogP contribution in [0.25, 0.3) is 0 Å². The van der Waals surface area contributed by atoms with Gasteiger partial charge in [0.15, 0.2) is 0 Å². The lowest BCUT2D eigenvalue weighted by Crippen LogP contribution is -2.46. The van der Waals surface area contributed by atoms with Gasteiger partial charge in [-0.2, -0.15) is 0 Å². The summed E-state index contributed by atoms with van der Waals surface area (Å²) in [6.07, 6.45) is 10.7. The maximum Gasteiger partial charge on any atom is 0.317 e. The maximum absolute atomic E-state index is 12.2. The van der Waals surface area contributed by atoms with Crippen LogP contribution >= 0.6 is 0 Å². The summed E-state index contributed by atoms with van der Waals surface area (Å²) in [6.45, 7) is 6.18. The summed E-state index contributed by atoms with van der Waals surface area (Å²) in [5, 5.41) is 3.22. The summed E-state index contributed by atoms with van der Waals surface area (Å²) in [5.41, 5.74) is 0. The highest BCUT2D eigenvalue weighted by atomic mass is 16.2. The van der Waals surface area contributed by atoms with Crippen molar-refractivity contribution in [3.63, 3.8) is 0 Å². The number of nitrogens with zero attached hydrogens (tertiary/aromatic N) is 1. The first-order chi connectivity index (χ1) is 8.77. The lowest BCUT2D eigenvalue weighted by atomic mass is 9.96. The van der Waals surface area contributed by atoms with E-state index in [1.165, 1.54) is 32.1 Å². The molecule has 0 atom stereocenters. The van der Waals surface area contributed by atoms with Gasteiger partial charge < -0.3 is 10.2 Å². The second kappa shape index (κ2) is 9.23. The van der Waals surface area contributed by atoms with E-state index in [1.54, 1.807) is 0 Å². The smallest absolute Gasteiger partial charge is 0.317 e. The molecule has 0 aromatic heterocycles. The molecule has 0 bridgehead atoms. The first-order valence-corrected chi connectivity index (χ1v) is 7.83. The molecule has 0 radical (unpaired) electrons. The summed E-state index contributed by atoms with van der Waals surface area (Å²) in [5.74, 6) is 0. The third-order valence-electron chi connectivity index (χ3n) is 3.78. The molecule has 1 aliphatic carbocycles. The number of carbonyl (C=O) groups excluding carboxylic acids is 1. The van der Waals surface area contributed by atoms with Crippen LogP contribution in [0.5, 0.6) is 0 Å². The van der Waals surface area contributed by atoms with Crippen molar-refractivity contribution in [3.05, 3.63) is 0 Å². The zero-order valence-corrected chi connectivity index (χ0v) is 12.2. The molecule has 0 spiro atoms. The Kier molecular flexibility index (Phi) is 7.86. The third kappa shape index (κ3) is 5.74. The quantitative estimate of drug-likeness (QED) is 0.733. The summed E-state index contributed by atoms with van der Waals surface area (Å²) < 4.78 is 0. The van der Waals surface area contributed by atoms with E-state index in [4.69, 9.17) is 0 Å². The van der Waals surface area contributed by atoms with Gasteiger partial charge in [-0.15, -0.1) is 0 Å². The molecule has 3 heteroatoms. The SMILES string of the molecule is CCCCN(CCCC)C(=O)NC1CCCCC1. The number of nitrogens with one attached hydrogen (secondary N) is 1. The van der Waals surface area contributed by atoms with Crippen molar-refractivity contribution < 1.29 is 4.79 Å². The van der Waals surface area contributed by atoms with Crippen LogP contribution in [0.15, 0.2) is 0 Å². The highest BCUT2D eigenvalue weighted by Crippen LogP contribution is 2.17. The Labute approximate surface area is 112 Å². The predicted molar refractivity (Wildman–Crippen MR) is 76.8 cm³/mol. The molecule has 1 aliphatic rings. The third-order valence-corrected chi connectivity index (χ3v) is 3.78. The zero-order valence-electron chi connectivity index (χ0n) is 12.2. The van der Waals surface area contributed by atoms with E-state index in [1.807, 2.05) is 4.90 Å². The fourth-order valence-corrected chi connectivity index (χ4v) is 2.53. The fraction of sp³-hybridized carbons (Fsp3) is 0.933. The second-order valence-corrected chi connectivity index (χ2v) is 5.48. The Morgan fingerprint density at radius 2 is 1.61 bits per heavy atom. The van der Waals surface area contributed by atoms with Gasteiger partial charge in [-0.25, -0.2) is 4.79 Å². The molecule has 3 nitrogen and oxygen atoms in total. The van der Waals surface area contributed by atoms with Crippen LogP contribution in [0.1, 0.15) is 71.6 Å². The van der Waals surface area contributed by atoms with Gasteiger partial charge in [-0.05, 0) is 25.7 Å². The van der Waals surface area contributed by atoms with Gasteiger partial charge >= 0.3 is 6.03 Å². The van der Waals surface area contributed by atoms with Crippen LogP contribution < -0.4 is 5.32 Å². The zero-order chi connectivity index (χ0) is 13.2. The number of hydrogen-bond donors (Lipinski definition) is 1. The molecule has 0 aromatic rings. The number of carbonyl (C=O) groups is 1. The van der Waals surface area contributed by atoms with E-state index < -0.39 is 0 Å². The maximum atomic E-state index is 12.2. The minimum absolute atomic E-state index is 0.170. The van der Waals surface area contributed by atoms with Crippen LogP contribution in [-0.2, 0) is 0 Å². The van der Waals surface area contributed by atoms with Gasteiger partial charge in [0.2, 0.25) is 0 Å². The number of unbranched alkanes of at least 4 members (excludes halogenated alkanes) is 2. The van der Waals surface area contributed by atoms with Gasteiger partial charge in [0.05, 0.1) is 0 Å². The molecule has 106 valence electrons. The number of rotatable bonds is 7. The lowest BCUT2D eigenvalue weighted by Gasteiger charge is -2.28. The fourth-order valence-electron chi connectivity index (χ4n) is 2.53. The average Bonchev–Trinajstić information content (AvgIpc) is 2.40. The Bertz CT molecular complexity index is 217. The minimum Gasteiger partial charge on any atom is -0.335 e. The summed E-state index contributed by atoms with van der Waals surface area (Å²) in [4.78, 5) is 14.3. The number of urea groups is 1. The lowest BCUT2D eigenvalue weighted by molar-refractivity contribution is 0.188. The van der Waals surface area contributed by atoms with Gasteiger partial charge in [-0.1, -0.05) is 46.0 Å². The van der Waals surface area contributed by atoms with Crippen molar-refractivity contribution >= 4 is 6.03 Å². The van der Waals surface area contributed by atoms with Crippen molar-refractivity contribution in [3.8, 4) is 0 Å². The van der Waals surface area contributed by atoms with E-state index in [2.05, 4.69) is 19.2 Å². The van der Waals surface area contributed by atoms with Crippen molar-refractivity contribution in [1.82, 2.24) is 10.2 Å². The monoisotopic (exact) mass is 254 g/mol. The molecule has 0 saturated heterocycles. The number of amides is 2. The first-order valence-electron chi connectivity index (χ1n) is 7.83. The molecule has 1 N–H and O–H groups in total. The van der Waals surface area contributed by atoms with Crippen LogP contribution in [0, 0.1) is 0 Å². The van der Waals surface area contributed by atoms with E-state index in [-0.39, 0.29) is 6.03 Å². The summed E-state index contributed by atoms with van der Waals surface area (Å²) >= 11 is 0. The van der Waals surface area contributed by atoms with E-state index in [0.29, 0.717) is 6.04 Å². The van der Waals surface area contributed by atoms with Crippen LogP contribution in [0.4, 0.5) is 4.79 Å². The van der Waals surface area contributed by atoms with Gasteiger partial charge in [0, 0.05) is 19.1 Å². The molecule has 1 fully saturated rings. The Morgan fingerprint density at radius 1 is 1.06 bits per heavy atom.